The summed E-state index contributed by atoms with van der Waals surface area (Å²) in [4.78, 5) is 23.8. The smallest absolute Gasteiger partial charge is 0.358 e. The molecule has 0 unspecified atom stereocenters. The highest BCUT2D eigenvalue weighted by Crippen LogP contribution is 1.98. The van der Waals surface area contributed by atoms with Gasteiger partial charge in [-0.1, -0.05) is 0 Å². The van der Waals surface area contributed by atoms with Crippen LogP contribution in [0.3, 0.4) is 0 Å². The van der Waals surface area contributed by atoms with Gasteiger partial charge in [-0.3, -0.25) is 9.48 Å². The van der Waals surface area contributed by atoms with E-state index in [9.17, 15) is 9.59 Å². The molecule has 0 aromatic carbocycles. The fourth-order valence-electron chi connectivity index (χ4n) is 0.943. The Morgan fingerprint density at radius 1 is 1.53 bits per heavy atom. The Morgan fingerprint density at radius 3 is 2.73 bits per heavy atom. The van der Waals surface area contributed by atoms with Gasteiger partial charge in [-0.25, -0.2) is 4.79 Å². The largest absolute Gasteiger partial charge is 0.464 e. The Balaban J connectivity index is 2.69. The van der Waals surface area contributed by atoms with Crippen LogP contribution in [0.4, 0.5) is 0 Å². The third-order valence-corrected chi connectivity index (χ3v) is 1.83. The van der Waals surface area contributed by atoms with Crippen molar-refractivity contribution < 1.29 is 14.3 Å². The second-order valence-corrected chi connectivity index (χ2v) is 3.18. The van der Waals surface area contributed by atoms with E-state index in [1.807, 2.05) is 0 Å². The van der Waals surface area contributed by atoms with E-state index < -0.39 is 5.97 Å². The summed E-state index contributed by atoms with van der Waals surface area (Å²) in [6.45, 7) is 0.115. The van der Waals surface area contributed by atoms with Crippen molar-refractivity contribution in [2.45, 2.75) is 6.54 Å². The van der Waals surface area contributed by atoms with E-state index in [1.54, 1.807) is 20.3 Å². The monoisotopic (exact) mass is 211 g/mol. The molecule has 15 heavy (non-hydrogen) atoms. The summed E-state index contributed by atoms with van der Waals surface area (Å²) in [6.07, 6.45) is 1.56. The van der Waals surface area contributed by atoms with E-state index in [2.05, 4.69) is 9.84 Å². The van der Waals surface area contributed by atoms with E-state index >= 15 is 0 Å². The fourth-order valence-corrected chi connectivity index (χ4v) is 0.943. The number of carbonyl (C=O) groups excluding carboxylic acids is 2. The van der Waals surface area contributed by atoms with E-state index in [4.69, 9.17) is 0 Å². The van der Waals surface area contributed by atoms with Crippen molar-refractivity contribution in [2.75, 3.05) is 21.2 Å². The van der Waals surface area contributed by atoms with E-state index in [1.165, 1.54) is 22.8 Å². The van der Waals surface area contributed by atoms with Gasteiger partial charge < -0.3 is 9.64 Å². The van der Waals surface area contributed by atoms with Crippen LogP contribution in [0.25, 0.3) is 0 Å². The molecule has 0 saturated carbocycles. The highest BCUT2D eigenvalue weighted by atomic mass is 16.5. The molecular weight excluding hydrogens is 198 g/mol. The van der Waals surface area contributed by atoms with Crippen LogP contribution < -0.4 is 0 Å². The molecule has 0 spiro atoms. The van der Waals surface area contributed by atoms with Gasteiger partial charge in [0.25, 0.3) is 0 Å². The molecule has 6 nitrogen and oxygen atoms in total. The molecule has 1 heterocycles. The number of esters is 1. The number of aromatic nitrogens is 2. The van der Waals surface area contributed by atoms with Crippen LogP contribution in [0.1, 0.15) is 10.5 Å². The summed E-state index contributed by atoms with van der Waals surface area (Å²) in [7, 11) is 4.60. The fraction of sp³-hybridized carbons (Fsp3) is 0.444. The molecule has 0 N–H and O–H groups in total. The first kappa shape index (κ1) is 11.2. The normalized spacial score (nSPS) is 9.80. The zero-order chi connectivity index (χ0) is 11.4. The molecule has 0 aliphatic heterocycles. The minimum Gasteiger partial charge on any atom is -0.464 e. The maximum Gasteiger partial charge on any atom is 0.358 e. The van der Waals surface area contributed by atoms with Gasteiger partial charge in [-0.2, -0.15) is 5.10 Å². The molecule has 0 atom stereocenters. The topological polar surface area (TPSA) is 64.4 Å². The molecule has 6 heteroatoms. The number of nitrogens with zero attached hydrogens (tertiary/aromatic N) is 3. The number of methoxy groups -OCH3 is 1. The maximum absolute atomic E-state index is 11.3. The summed E-state index contributed by atoms with van der Waals surface area (Å²) < 4.78 is 5.89. The lowest BCUT2D eigenvalue weighted by Gasteiger charge is -2.09. The summed E-state index contributed by atoms with van der Waals surface area (Å²) in [6, 6.07) is 1.51. The Morgan fingerprint density at radius 2 is 2.20 bits per heavy atom. The van der Waals surface area contributed by atoms with Crippen LogP contribution in [-0.2, 0) is 16.1 Å². The van der Waals surface area contributed by atoms with Crippen LogP contribution >= 0.6 is 0 Å². The number of hydrogen-bond acceptors (Lipinski definition) is 4. The first-order valence-corrected chi connectivity index (χ1v) is 4.36. The van der Waals surface area contributed by atoms with Gasteiger partial charge in [-0.05, 0) is 6.07 Å². The van der Waals surface area contributed by atoms with E-state index in [0.29, 0.717) is 0 Å². The van der Waals surface area contributed by atoms with Gasteiger partial charge >= 0.3 is 5.97 Å². The highest BCUT2D eigenvalue weighted by molar-refractivity contribution is 5.87. The average molecular weight is 211 g/mol. The van der Waals surface area contributed by atoms with Crippen molar-refractivity contribution in [3.8, 4) is 0 Å². The van der Waals surface area contributed by atoms with Gasteiger partial charge in [0.05, 0.1) is 7.11 Å². The van der Waals surface area contributed by atoms with Gasteiger partial charge in [0, 0.05) is 20.3 Å². The zero-order valence-corrected chi connectivity index (χ0v) is 8.93. The molecule has 0 aliphatic carbocycles. The predicted octanol–water partition coefficient (Wildman–Crippen LogP) is -0.242. The molecule has 0 bridgehead atoms. The van der Waals surface area contributed by atoms with Crippen LogP contribution in [0.15, 0.2) is 12.3 Å². The van der Waals surface area contributed by atoms with Crippen LogP contribution in [0.5, 0.6) is 0 Å². The molecule has 1 rings (SSSR count). The zero-order valence-electron chi connectivity index (χ0n) is 8.93. The number of likely N-dealkylation sites (N-methyl/N-ethyl adjacent to an activating group) is 1. The van der Waals surface area contributed by atoms with Crippen LogP contribution in [0, 0.1) is 0 Å². The third kappa shape index (κ3) is 2.80. The lowest BCUT2D eigenvalue weighted by atomic mass is 10.4. The molecule has 0 fully saturated rings. The SMILES string of the molecule is COC(=O)c1ccn(CC(=O)N(C)C)n1. The average Bonchev–Trinajstić information content (AvgIpc) is 2.65. The molecule has 0 aliphatic rings. The quantitative estimate of drug-likeness (QED) is 0.647. The van der Waals surface area contributed by atoms with Crippen molar-refractivity contribution >= 4 is 11.9 Å². The van der Waals surface area contributed by atoms with Crippen molar-refractivity contribution in [1.82, 2.24) is 14.7 Å². The molecule has 1 aromatic heterocycles. The van der Waals surface area contributed by atoms with E-state index in [0.717, 1.165) is 0 Å². The predicted molar refractivity (Wildman–Crippen MR) is 52.3 cm³/mol. The standard InChI is InChI=1S/C9H13N3O3/c1-11(2)8(13)6-12-5-4-7(10-12)9(14)15-3/h4-5H,6H2,1-3H3. The Kier molecular flexibility index (Phi) is 3.43. The highest BCUT2D eigenvalue weighted by Gasteiger charge is 2.11. The molecule has 0 saturated heterocycles. The van der Waals surface area contributed by atoms with Gasteiger partial charge in [0.2, 0.25) is 5.91 Å². The Bertz CT molecular complexity index is 370. The number of ether oxygens (including phenoxy) is 1. The van der Waals surface area contributed by atoms with Crippen LogP contribution in [-0.4, -0.2) is 47.8 Å². The number of rotatable bonds is 3. The maximum atomic E-state index is 11.3. The van der Waals surface area contributed by atoms with Crippen molar-refractivity contribution in [2.24, 2.45) is 0 Å². The van der Waals surface area contributed by atoms with Gasteiger partial charge in [0.1, 0.15) is 6.54 Å². The third-order valence-electron chi connectivity index (χ3n) is 1.83. The lowest BCUT2D eigenvalue weighted by molar-refractivity contribution is -0.129. The summed E-state index contributed by atoms with van der Waals surface area (Å²) in [5, 5.41) is 3.90. The molecule has 0 radical (unpaired) electrons. The van der Waals surface area contributed by atoms with Gasteiger partial charge in [-0.15, -0.1) is 0 Å². The minimum atomic E-state index is -0.508. The minimum absolute atomic E-state index is 0.0884. The number of hydrogen-bond donors (Lipinski definition) is 0. The van der Waals surface area contributed by atoms with Gasteiger partial charge in [0.15, 0.2) is 5.69 Å². The van der Waals surface area contributed by atoms with Crippen molar-refractivity contribution in [1.29, 1.82) is 0 Å². The Hall–Kier alpha value is -1.85. The summed E-state index contributed by atoms with van der Waals surface area (Å²) in [5.41, 5.74) is 0.198. The summed E-state index contributed by atoms with van der Waals surface area (Å²) >= 11 is 0. The van der Waals surface area contributed by atoms with Crippen LogP contribution in [0.2, 0.25) is 0 Å². The van der Waals surface area contributed by atoms with E-state index in [-0.39, 0.29) is 18.1 Å². The number of carbonyl (C=O) groups is 2. The summed E-state index contributed by atoms with van der Waals surface area (Å²) in [5.74, 6) is -0.597. The molecule has 82 valence electrons. The van der Waals surface area contributed by atoms with Crippen molar-refractivity contribution in [3.05, 3.63) is 18.0 Å². The molecular formula is C9H13N3O3. The Labute approximate surface area is 87.4 Å². The first-order chi connectivity index (χ1) is 7.04. The lowest BCUT2D eigenvalue weighted by Crippen LogP contribution is -2.26. The molecule has 1 aromatic rings. The second kappa shape index (κ2) is 4.59. The second-order valence-electron chi connectivity index (χ2n) is 3.18. The van der Waals surface area contributed by atoms with Crippen molar-refractivity contribution in [3.63, 3.8) is 0 Å². The first-order valence-electron chi connectivity index (χ1n) is 4.36. The number of amides is 1. The molecule has 1 amide bonds.